The van der Waals surface area contributed by atoms with Crippen molar-refractivity contribution in [3.8, 4) is 11.5 Å². The highest BCUT2D eigenvalue weighted by molar-refractivity contribution is 7.91. The first-order valence-corrected chi connectivity index (χ1v) is 12.9. The topological polar surface area (TPSA) is 74.2 Å². The highest BCUT2D eigenvalue weighted by Gasteiger charge is 2.35. The lowest BCUT2D eigenvalue weighted by atomic mass is 9.95. The fraction of sp³-hybridized carbons (Fsp3) is 0.440. The molecule has 1 aliphatic heterocycles. The van der Waals surface area contributed by atoms with Gasteiger partial charge in [-0.05, 0) is 51.0 Å². The number of carbonyl (C=O) groups excluding carboxylic acids is 1. The third-order valence-corrected chi connectivity index (χ3v) is 7.71. The van der Waals surface area contributed by atoms with Crippen LogP contribution >= 0.6 is 23.2 Å². The zero-order chi connectivity index (χ0) is 25.0. The number of hydrogen-bond donors (Lipinski definition) is 0. The molecule has 0 saturated carbocycles. The van der Waals surface area contributed by atoms with Crippen molar-refractivity contribution in [3.05, 3.63) is 57.6 Å². The van der Waals surface area contributed by atoms with Gasteiger partial charge in [0, 0.05) is 37.6 Å². The van der Waals surface area contributed by atoms with Gasteiger partial charge in [0.15, 0.2) is 0 Å². The summed E-state index contributed by atoms with van der Waals surface area (Å²) in [4.78, 5) is 13.7. The van der Waals surface area contributed by atoms with Crippen LogP contribution in [0.4, 0.5) is 0 Å². The number of halogens is 2. The van der Waals surface area contributed by atoms with E-state index in [-0.39, 0.29) is 18.4 Å². The van der Waals surface area contributed by atoms with Gasteiger partial charge in [0.1, 0.15) is 39.9 Å². The average Bonchev–Trinajstić information content (AvgIpc) is 3.28. The molecular weight excluding hydrogens is 495 g/mol. The van der Waals surface area contributed by atoms with Crippen molar-refractivity contribution in [1.29, 1.82) is 0 Å². The molecule has 0 N–H and O–H groups in total. The first kappa shape index (κ1) is 26.7. The van der Waals surface area contributed by atoms with Crippen LogP contribution in [0.1, 0.15) is 45.2 Å². The van der Waals surface area contributed by atoms with E-state index < -0.39 is 16.1 Å². The van der Waals surface area contributed by atoms with Gasteiger partial charge in [0.05, 0.1) is 17.2 Å². The molecule has 9 heteroatoms. The van der Waals surface area contributed by atoms with Gasteiger partial charge in [0.2, 0.25) is 5.91 Å². The summed E-state index contributed by atoms with van der Waals surface area (Å²) < 4.78 is 28.5. The van der Waals surface area contributed by atoms with Crippen molar-refractivity contribution < 1.29 is 18.8 Å². The Morgan fingerprint density at radius 1 is 1.21 bits per heavy atom. The van der Waals surface area contributed by atoms with Crippen LogP contribution in [0.25, 0.3) is 0 Å². The molecule has 1 amide bonds. The third kappa shape index (κ3) is 6.60. The van der Waals surface area contributed by atoms with Crippen molar-refractivity contribution in [2.45, 2.75) is 45.5 Å². The summed E-state index contributed by atoms with van der Waals surface area (Å²) in [5, 5.41) is 0.701. The molecule has 2 atom stereocenters. The summed E-state index contributed by atoms with van der Waals surface area (Å²) in [7, 11) is 1.62. The van der Waals surface area contributed by atoms with Crippen molar-refractivity contribution in [2.75, 3.05) is 20.2 Å². The van der Waals surface area contributed by atoms with Crippen molar-refractivity contribution in [3.63, 3.8) is 0 Å². The summed E-state index contributed by atoms with van der Waals surface area (Å²) in [5.74, 6) is 1.16. The van der Waals surface area contributed by atoms with E-state index in [1.807, 2.05) is 45.0 Å². The molecule has 0 spiro atoms. The molecule has 0 radical (unpaired) electrons. The molecule has 6 nitrogen and oxygen atoms in total. The largest absolute Gasteiger partial charge is 0.591 e. The second kappa shape index (κ2) is 11.2. The molecule has 0 bridgehead atoms. The van der Waals surface area contributed by atoms with Gasteiger partial charge in [0.25, 0.3) is 0 Å². The predicted molar refractivity (Wildman–Crippen MR) is 139 cm³/mol. The molecule has 0 aliphatic carbocycles. The Morgan fingerprint density at radius 2 is 1.85 bits per heavy atom. The second-order valence-corrected chi connectivity index (χ2v) is 11.9. The molecule has 1 heterocycles. The van der Waals surface area contributed by atoms with Gasteiger partial charge < -0.3 is 18.9 Å². The molecule has 2 unspecified atom stereocenters. The highest BCUT2D eigenvalue weighted by Crippen LogP contribution is 2.36. The molecule has 2 aromatic carbocycles. The first-order chi connectivity index (χ1) is 16.0. The Hall–Kier alpha value is -1.93. The van der Waals surface area contributed by atoms with Crippen molar-refractivity contribution in [2.24, 2.45) is 10.3 Å². The number of carbonyl (C=O) groups is 1. The fourth-order valence-corrected chi connectivity index (χ4v) is 4.59. The number of ether oxygens (including phenoxy) is 2. The smallest absolute Gasteiger partial charge is 0.219 e. The van der Waals surface area contributed by atoms with E-state index in [4.69, 9.17) is 32.7 Å². The SMILES string of the molecule is COc1ccc(COc2cc(Cl)c(Cl)cc2C(=N[S+]([O-])C(C)(C)C)C2CCN(C(C)=O)C2)cc1. The zero-order valence-corrected chi connectivity index (χ0v) is 22.4. The van der Waals surface area contributed by atoms with E-state index in [2.05, 4.69) is 4.40 Å². The molecular formula is C25H30Cl2N2O4S. The normalized spacial score (nSPS) is 17.6. The summed E-state index contributed by atoms with van der Waals surface area (Å²) in [5.41, 5.74) is 2.19. The number of likely N-dealkylation sites (tertiary alicyclic amines) is 1. The minimum atomic E-state index is -1.51. The minimum absolute atomic E-state index is 0.00362. The molecule has 34 heavy (non-hydrogen) atoms. The van der Waals surface area contributed by atoms with Gasteiger partial charge in [-0.15, -0.1) is 0 Å². The van der Waals surface area contributed by atoms with Crippen molar-refractivity contribution in [1.82, 2.24) is 4.90 Å². The average molecular weight is 525 g/mol. The molecule has 1 saturated heterocycles. The van der Waals surface area contributed by atoms with Gasteiger partial charge in [-0.1, -0.05) is 39.7 Å². The Kier molecular flexibility index (Phi) is 8.79. The third-order valence-electron chi connectivity index (χ3n) is 5.58. The monoisotopic (exact) mass is 524 g/mol. The molecule has 3 rings (SSSR count). The Labute approximate surface area is 214 Å². The maximum Gasteiger partial charge on any atom is 0.219 e. The number of hydrogen-bond acceptors (Lipinski definition) is 5. The lowest BCUT2D eigenvalue weighted by Gasteiger charge is -2.23. The van der Waals surface area contributed by atoms with E-state index in [0.717, 1.165) is 11.3 Å². The Bertz CT molecular complexity index is 1050. The number of benzene rings is 2. The summed E-state index contributed by atoms with van der Waals surface area (Å²) in [6.45, 7) is 8.56. The van der Waals surface area contributed by atoms with Crippen LogP contribution in [-0.4, -0.2) is 46.0 Å². The zero-order valence-electron chi connectivity index (χ0n) is 20.1. The van der Waals surface area contributed by atoms with Gasteiger partial charge in [-0.2, -0.15) is 0 Å². The van der Waals surface area contributed by atoms with Crippen LogP contribution in [0, 0.1) is 5.92 Å². The lowest BCUT2D eigenvalue weighted by Crippen LogP contribution is -2.31. The van der Waals surface area contributed by atoms with Crippen LogP contribution < -0.4 is 9.47 Å². The number of nitrogens with zero attached hydrogens (tertiary/aromatic N) is 2. The summed E-state index contributed by atoms with van der Waals surface area (Å²) in [6, 6.07) is 10.9. The molecule has 184 valence electrons. The van der Waals surface area contributed by atoms with E-state index >= 15 is 0 Å². The molecule has 1 aliphatic rings. The predicted octanol–water partition coefficient (Wildman–Crippen LogP) is 5.70. The van der Waals surface area contributed by atoms with Crippen LogP contribution in [-0.2, 0) is 22.8 Å². The standard InChI is InChI=1S/C25H30Cl2N2O4S/c1-16(30)29-11-10-18(14-29)24(28-34(31)25(2,3)4)20-12-21(26)22(27)13-23(20)33-15-17-6-8-19(32-5)9-7-17/h6-9,12-13,18H,10-11,14-15H2,1-5H3. The number of methoxy groups -OCH3 is 1. The maximum atomic E-state index is 13.1. The maximum absolute atomic E-state index is 13.1. The quantitative estimate of drug-likeness (QED) is 0.343. The Morgan fingerprint density at radius 3 is 2.41 bits per heavy atom. The van der Waals surface area contributed by atoms with Gasteiger partial charge in [-0.25, -0.2) is 0 Å². The van der Waals surface area contributed by atoms with E-state index in [9.17, 15) is 9.35 Å². The molecule has 2 aromatic rings. The summed E-state index contributed by atoms with van der Waals surface area (Å²) in [6.07, 6.45) is 0.706. The first-order valence-electron chi connectivity index (χ1n) is 11.0. The van der Waals surface area contributed by atoms with Crippen LogP contribution in [0.2, 0.25) is 10.0 Å². The molecule has 0 aromatic heterocycles. The van der Waals surface area contributed by atoms with Crippen molar-refractivity contribution >= 4 is 46.2 Å². The fourth-order valence-electron chi connectivity index (χ4n) is 3.57. The van der Waals surface area contributed by atoms with Gasteiger partial charge in [-0.3, -0.25) is 4.79 Å². The Balaban J connectivity index is 2.00. The van der Waals surface area contributed by atoms with Crippen LogP contribution in [0.15, 0.2) is 40.8 Å². The van der Waals surface area contributed by atoms with E-state index in [0.29, 0.717) is 46.6 Å². The number of amides is 1. The van der Waals surface area contributed by atoms with E-state index in [1.165, 1.54) is 0 Å². The molecule has 1 fully saturated rings. The number of rotatable bonds is 7. The minimum Gasteiger partial charge on any atom is -0.591 e. The lowest BCUT2D eigenvalue weighted by molar-refractivity contribution is -0.127. The van der Waals surface area contributed by atoms with Crippen LogP contribution in [0.3, 0.4) is 0 Å². The highest BCUT2D eigenvalue weighted by atomic mass is 35.5. The van der Waals surface area contributed by atoms with Crippen LogP contribution in [0.5, 0.6) is 11.5 Å². The summed E-state index contributed by atoms with van der Waals surface area (Å²) >= 11 is 11.2. The second-order valence-electron chi connectivity index (χ2n) is 9.19. The van der Waals surface area contributed by atoms with Gasteiger partial charge >= 0.3 is 0 Å². The van der Waals surface area contributed by atoms with E-state index in [1.54, 1.807) is 31.1 Å².